The zero-order valence-corrected chi connectivity index (χ0v) is 10.8. The van der Waals surface area contributed by atoms with Crippen LogP contribution in [0.5, 0.6) is 5.75 Å². The largest absolute Gasteiger partial charge is 0.491 e. The molecular formula is C14H23NO2. The first-order valence-electron chi connectivity index (χ1n) is 6.29. The molecule has 2 N–H and O–H groups in total. The van der Waals surface area contributed by atoms with E-state index in [0.717, 1.165) is 24.2 Å². The normalized spacial score (nSPS) is 12.4. The van der Waals surface area contributed by atoms with Crippen molar-refractivity contribution in [3.05, 3.63) is 29.8 Å². The summed E-state index contributed by atoms with van der Waals surface area (Å²) in [4.78, 5) is 0. The van der Waals surface area contributed by atoms with E-state index in [-0.39, 0.29) is 0 Å². The molecule has 0 aliphatic heterocycles. The molecule has 0 amide bonds. The Labute approximate surface area is 104 Å². The summed E-state index contributed by atoms with van der Waals surface area (Å²) in [5.41, 5.74) is 6.65. The monoisotopic (exact) mass is 237 g/mol. The molecule has 0 aliphatic rings. The van der Waals surface area contributed by atoms with E-state index in [9.17, 15) is 0 Å². The predicted molar refractivity (Wildman–Crippen MR) is 70.2 cm³/mol. The number of rotatable bonds is 8. The second-order valence-electron chi connectivity index (χ2n) is 4.17. The summed E-state index contributed by atoms with van der Waals surface area (Å²) in [6.07, 6.45) is 2.57. The van der Waals surface area contributed by atoms with E-state index in [1.807, 2.05) is 24.3 Å². The van der Waals surface area contributed by atoms with E-state index in [1.165, 1.54) is 0 Å². The highest BCUT2D eigenvalue weighted by Gasteiger charge is 2.00. The van der Waals surface area contributed by atoms with Gasteiger partial charge >= 0.3 is 0 Å². The molecule has 1 atom stereocenters. The van der Waals surface area contributed by atoms with Crippen molar-refractivity contribution in [2.45, 2.75) is 39.3 Å². The summed E-state index contributed by atoms with van der Waals surface area (Å²) < 4.78 is 11.2. The fourth-order valence-electron chi connectivity index (χ4n) is 1.66. The summed E-state index contributed by atoms with van der Waals surface area (Å²) in [7, 11) is 0. The summed E-state index contributed by atoms with van der Waals surface area (Å²) in [6, 6.07) is 7.86. The van der Waals surface area contributed by atoms with Crippen molar-refractivity contribution in [2.75, 3.05) is 13.2 Å². The van der Waals surface area contributed by atoms with Gasteiger partial charge in [0.1, 0.15) is 12.4 Å². The molecule has 0 bridgehead atoms. The van der Waals surface area contributed by atoms with Crippen LogP contribution in [-0.4, -0.2) is 19.3 Å². The number of benzene rings is 1. The second kappa shape index (κ2) is 8.09. The maximum atomic E-state index is 5.61. The van der Waals surface area contributed by atoms with Crippen LogP contribution in [0, 0.1) is 0 Å². The smallest absolute Gasteiger partial charge is 0.119 e. The number of hydrogen-bond donors (Lipinski definition) is 1. The van der Waals surface area contributed by atoms with Crippen molar-refractivity contribution in [1.29, 1.82) is 0 Å². The zero-order chi connectivity index (χ0) is 12.5. The molecule has 1 unspecified atom stereocenters. The van der Waals surface area contributed by atoms with E-state index in [0.29, 0.717) is 25.9 Å². The highest BCUT2D eigenvalue weighted by Crippen LogP contribution is 2.12. The van der Waals surface area contributed by atoms with Crippen molar-refractivity contribution >= 4 is 0 Å². The van der Waals surface area contributed by atoms with Crippen LogP contribution in [0.1, 0.15) is 32.3 Å². The molecule has 3 heteroatoms. The Bertz CT molecular complexity index is 315. The molecule has 96 valence electrons. The first-order valence-corrected chi connectivity index (χ1v) is 6.29. The molecule has 17 heavy (non-hydrogen) atoms. The Balaban J connectivity index is 2.21. The van der Waals surface area contributed by atoms with E-state index in [4.69, 9.17) is 15.2 Å². The second-order valence-corrected chi connectivity index (χ2v) is 4.17. The van der Waals surface area contributed by atoms with E-state index in [1.54, 1.807) is 0 Å². The number of hydrogen-bond acceptors (Lipinski definition) is 3. The van der Waals surface area contributed by atoms with Gasteiger partial charge in [0.25, 0.3) is 0 Å². The molecule has 0 saturated carbocycles. The molecule has 3 nitrogen and oxygen atoms in total. The lowest BCUT2D eigenvalue weighted by Gasteiger charge is -2.12. The minimum absolute atomic E-state index is 0.318. The summed E-state index contributed by atoms with van der Waals surface area (Å²) in [6.45, 7) is 6.02. The standard InChI is InChI=1S/C14H23NO2/c1-3-5-12(2)16-8-9-17-14-7-4-6-13(10-14)11-15/h4,6-7,10,12H,3,5,8-9,11,15H2,1-2H3. The molecule has 1 aromatic carbocycles. The predicted octanol–water partition coefficient (Wildman–Crippen LogP) is 2.73. The van der Waals surface area contributed by atoms with Gasteiger partial charge in [0.15, 0.2) is 0 Å². The third-order valence-corrected chi connectivity index (χ3v) is 2.58. The fourth-order valence-corrected chi connectivity index (χ4v) is 1.66. The SMILES string of the molecule is CCCC(C)OCCOc1cccc(CN)c1. The molecule has 0 fully saturated rings. The topological polar surface area (TPSA) is 44.5 Å². The van der Waals surface area contributed by atoms with Gasteiger partial charge in [-0.25, -0.2) is 0 Å². The van der Waals surface area contributed by atoms with Gasteiger partial charge in [-0.15, -0.1) is 0 Å². The van der Waals surface area contributed by atoms with Crippen molar-refractivity contribution in [1.82, 2.24) is 0 Å². The minimum Gasteiger partial charge on any atom is -0.491 e. The van der Waals surface area contributed by atoms with Gasteiger partial charge in [-0.1, -0.05) is 25.5 Å². The van der Waals surface area contributed by atoms with Crippen LogP contribution < -0.4 is 10.5 Å². The maximum Gasteiger partial charge on any atom is 0.119 e. The third-order valence-electron chi connectivity index (χ3n) is 2.58. The number of nitrogens with two attached hydrogens (primary N) is 1. The molecule has 0 radical (unpaired) electrons. The zero-order valence-electron chi connectivity index (χ0n) is 10.8. The third kappa shape index (κ3) is 5.71. The van der Waals surface area contributed by atoms with Crippen LogP contribution in [0.3, 0.4) is 0 Å². The average Bonchev–Trinajstić information content (AvgIpc) is 2.35. The fraction of sp³-hybridized carbons (Fsp3) is 0.571. The van der Waals surface area contributed by atoms with Crippen molar-refractivity contribution < 1.29 is 9.47 Å². The van der Waals surface area contributed by atoms with E-state index < -0.39 is 0 Å². The molecule has 0 spiro atoms. The highest BCUT2D eigenvalue weighted by atomic mass is 16.5. The average molecular weight is 237 g/mol. The first-order chi connectivity index (χ1) is 8.26. The quantitative estimate of drug-likeness (QED) is 0.707. The Morgan fingerprint density at radius 1 is 1.29 bits per heavy atom. The maximum absolute atomic E-state index is 5.61. The summed E-state index contributed by atoms with van der Waals surface area (Å²) in [5, 5.41) is 0. The van der Waals surface area contributed by atoms with Crippen molar-refractivity contribution in [3.63, 3.8) is 0 Å². The van der Waals surface area contributed by atoms with Crippen LogP contribution in [0.15, 0.2) is 24.3 Å². The minimum atomic E-state index is 0.318. The Kier molecular flexibility index (Phi) is 6.67. The Hall–Kier alpha value is -1.06. The highest BCUT2D eigenvalue weighted by molar-refractivity contribution is 5.28. The van der Waals surface area contributed by atoms with E-state index >= 15 is 0 Å². The van der Waals surface area contributed by atoms with E-state index in [2.05, 4.69) is 13.8 Å². The lowest BCUT2D eigenvalue weighted by molar-refractivity contribution is 0.0395. The first kappa shape index (κ1) is 14.0. The van der Waals surface area contributed by atoms with Gasteiger partial charge < -0.3 is 15.2 Å². The van der Waals surface area contributed by atoms with Crippen LogP contribution in [0.25, 0.3) is 0 Å². The summed E-state index contributed by atoms with van der Waals surface area (Å²) >= 11 is 0. The van der Waals surface area contributed by atoms with Crippen LogP contribution in [-0.2, 0) is 11.3 Å². The molecule has 0 aromatic heterocycles. The number of ether oxygens (including phenoxy) is 2. The van der Waals surface area contributed by atoms with Crippen molar-refractivity contribution in [2.24, 2.45) is 5.73 Å². The molecule has 1 rings (SSSR count). The van der Waals surface area contributed by atoms with Gasteiger partial charge in [0.05, 0.1) is 12.7 Å². The Morgan fingerprint density at radius 2 is 2.12 bits per heavy atom. The van der Waals surface area contributed by atoms with Gasteiger partial charge in [-0.2, -0.15) is 0 Å². The van der Waals surface area contributed by atoms with Crippen molar-refractivity contribution in [3.8, 4) is 5.75 Å². The molecule has 0 heterocycles. The summed E-state index contributed by atoms with van der Waals surface area (Å²) in [5.74, 6) is 0.861. The van der Waals surface area contributed by atoms with Crippen LogP contribution >= 0.6 is 0 Å². The molecule has 0 aliphatic carbocycles. The molecule has 0 saturated heterocycles. The lowest BCUT2D eigenvalue weighted by Crippen LogP contribution is -2.14. The van der Waals surface area contributed by atoms with Gasteiger partial charge in [0.2, 0.25) is 0 Å². The van der Waals surface area contributed by atoms with Gasteiger partial charge in [-0.05, 0) is 31.0 Å². The van der Waals surface area contributed by atoms with Crippen LogP contribution in [0.4, 0.5) is 0 Å². The van der Waals surface area contributed by atoms with Gasteiger partial charge in [-0.3, -0.25) is 0 Å². The Morgan fingerprint density at radius 3 is 2.82 bits per heavy atom. The van der Waals surface area contributed by atoms with Gasteiger partial charge in [0, 0.05) is 6.54 Å². The molecular weight excluding hydrogens is 214 g/mol. The lowest BCUT2D eigenvalue weighted by atomic mass is 10.2. The van der Waals surface area contributed by atoms with Crippen LogP contribution in [0.2, 0.25) is 0 Å². The molecule has 1 aromatic rings.